The van der Waals surface area contributed by atoms with Crippen molar-refractivity contribution < 1.29 is 9.90 Å². The number of nitrogens with zero attached hydrogens (tertiary/aromatic N) is 2. The van der Waals surface area contributed by atoms with Crippen molar-refractivity contribution in [2.24, 2.45) is 0 Å². The van der Waals surface area contributed by atoms with Crippen LogP contribution in [-0.4, -0.2) is 20.9 Å². The Morgan fingerprint density at radius 1 is 1.30 bits per heavy atom. The molecule has 0 aliphatic heterocycles. The molecule has 5 heteroatoms. The Bertz CT molecular complexity index is 717. The largest absolute Gasteiger partial charge is 0.481 e. The summed E-state index contributed by atoms with van der Waals surface area (Å²) >= 11 is 0. The molecule has 0 bridgehead atoms. The Morgan fingerprint density at radius 2 is 1.90 bits per heavy atom. The summed E-state index contributed by atoms with van der Waals surface area (Å²) in [6.07, 6.45) is 0.762. The van der Waals surface area contributed by atoms with Crippen LogP contribution < -0.4 is 5.56 Å². The lowest BCUT2D eigenvalue weighted by Crippen LogP contribution is -2.34. The van der Waals surface area contributed by atoms with Gasteiger partial charge in [0.2, 0.25) is 0 Å². The first-order valence-electron chi connectivity index (χ1n) is 6.63. The zero-order valence-electron chi connectivity index (χ0n) is 11.9. The second kappa shape index (κ2) is 5.07. The van der Waals surface area contributed by atoms with Gasteiger partial charge in [0.15, 0.2) is 0 Å². The van der Waals surface area contributed by atoms with Crippen LogP contribution in [0.5, 0.6) is 0 Å². The molecule has 1 aromatic carbocycles. The molecule has 0 aliphatic rings. The molecule has 106 valence electrons. The number of carboxylic acids is 1. The highest BCUT2D eigenvalue weighted by Crippen LogP contribution is 2.27. The molecular formula is C15H18N2O3. The Hall–Kier alpha value is -2.17. The topological polar surface area (TPSA) is 72.2 Å². The minimum Gasteiger partial charge on any atom is -0.481 e. The van der Waals surface area contributed by atoms with Crippen molar-refractivity contribution in [3.8, 4) is 0 Å². The molecule has 2 rings (SSSR count). The summed E-state index contributed by atoms with van der Waals surface area (Å²) in [5.41, 5.74) is -0.899. The fourth-order valence-corrected chi connectivity index (χ4v) is 2.16. The van der Waals surface area contributed by atoms with Crippen LogP contribution in [0.3, 0.4) is 0 Å². The molecule has 0 spiro atoms. The monoisotopic (exact) mass is 274 g/mol. The van der Waals surface area contributed by atoms with Crippen LogP contribution in [0.2, 0.25) is 0 Å². The molecule has 0 atom stereocenters. The van der Waals surface area contributed by atoms with E-state index in [0.717, 1.165) is 6.42 Å². The van der Waals surface area contributed by atoms with E-state index in [1.165, 1.54) is 4.68 Å². The summed E-state index contributed by atoms with van der Waals surface area (Å²) in [4.78, 5) is 23.8. The molecule has 2 aromatic rings. The van der Waals surface area contributed by atoms with Gasteiger partial charge in [-0.3, -0.25) is 9.59 Å². The summed E-state index contributed by atoms with van der Waals surface area (Å²) < 4.78 is 1.36. The molecule has 0 unspecified atom stereocenters. The molecule has 0 radical (unpaired) electrons. The lowest BCUT2D eigenvalue weighted by molar-refractivity contribution is -0.142. The Labute approximate surface area is 116 Å². The SMILES string of the molecule is CCCn1nc(C(C)(C)C(=O)O)c2ccccc2c1=O. The first-order chi connectivity index (χ1) is 9.39. The van der Waals surface area contributed by atoms with Gasteiger partial charge in [-0.25, -0.2) is 4.68 Å². The quantitative estimate of drug-likeness (QED) is 0.927. The van der Waals surface area contributed by atoms with Crippen LogP contribution in [0.1, 0.15) is 32.9 Å². The van der Waals surface area contributed by atoms with Gasteiger partial charge in [0.05, 0.1) is 11.1 Å². The maximum absolute atomic E-state index is 12.3. The highest BCUT2D eigenvalue weighted by atomic mass is 16.4. The van der Waals surface area contributed by atoms with Gasteiger partial charge in [-0.15, -0.1) is 0 Å². The minimum absolute atomic E-state index is 0.174. The summed E-state index contributed by atoms with van der Waals surface area (Å²) in [7, 11) is 0. The van der Waals surface area contributed by atoms with E-state index in [2.05, 4.69) is 5.10 Å². The second-order valence-corrected chi connectivity index (χ2v) is 5.35. The molecule has 5 nitrogen and oxygen atoms in total. The Balaban J connectivity index is 2.86. The fraction of sp³-hybridized carbons (Fsp3) is 0.400. The van der Waals surface area contributed by atoms with Gasteiger partial charge < -0.3 is 5.11 Å². The molecular weight excluding hydrogens is 256 g/mol. The van der Waals surface area contributed by atoms with E-state index in [4.69, 9.17) is 0 Å². The van der Waals surface area contributed by atoms with Gasteiger partial charge in [0.1, 0.15) is 5.41 Å². The molecule has 20 heavy (non-hydrogen) atoms. The lowest BCUT2D eigenvalue weighted by Gasteiger charge is -2.21. The van der Waals surface area contributed by atoms with Crippen LogP contribution in [0, 0.1) is 0 Å². The summed E-state index contributed by atoms with van der Waals surface area (Å²) in [5.74, 6) is -0.961. The maximum atomic E-state index is 12.3. The molecule has 0 amide bonds. The van der Waals surface area contributed by atoms with Gasteiger partial charge >= 0.3 is 5.97 Å². The molecule has 0 aliphatic carbocycles. The number of rotatable bonds is 4. The van der Waals surface area contributed by atoms with Gasteiger partial charge in [-0.2, -0.15) is 5.10 Å². The van der Waals surface area contributed by atoms with Crippen LogP contribution >= 0.6 is 0 Å². The third-order valence-corrected chi connectivity index (χ3v) is 3.43. The highest BCUT2D eigenvalue weighted by Gasteiger charge is 2.34. The first-order valence-corrected chi connectivity index (χ1v) is 6.63. The van der Waals surface area contributed by atoms with Crippen LogP contribution in [0.25, 0.3) is 10.8 Å². The zero-order valence-corrected chi connectivity index (χ0v) is 11.9. The summed E-state index contributed by atoms with van der Waals surface area (Å²) in [6.45, 7) is 5.63. The molecule has 1 aromatic heterocycles. The first kappa shape index (κ1) is 14.2. The number of hydrogen-bond acceptors (Lipinski definition) is 3. The number of carboxylic acid groups (broad SMARTS) is 1. The number of benzene rings is 1. The lowest BCUT2D eigenvalue weighted by atomic mass is 9.86. The number of aryl methyl sites for hydroxylation is 1. The number of aliphatic carboxylic acids is 1. The average Bonchev–Trinajstić information content (AvgIpc) is 2.42. The van der Waals surface area contributed by atoms with E-state index >= 15 is 0 Å². The molecule has 1 heterocycles. The average molecular weight is 274 g/mol. The van der Waals surface area contributed by atoms with Crippen LogP contribution in [0.15, 0.2) is 29.1 Å². The number of aromatic nitrogens is 2. The maximum Gasteiger partial charge on any atom is 0.315 e. The summed E-state index contributed by atoms with van der Waals surface area (Å²) in [5, 5.41) is 14.8. The standard InChI is InChI=1S/C15H18N2O3/c1-4-9-17-13(18)11-8-6-5-7-10(11)12(16-17)15(2,3)14(19)20/h5-8H,4,9H2,1-3H3,(H,19,20). The van der Waals surface area contributed by atoms with E-state index in [0.29, 0.717) is 23.0 Å². The number of fused-ring (bicyclic) bond motifs is 1. The highest BCUT2D eigenvalue weighted by molar-refractivity contribution is 5.90. The number of carbonyl (C=O) groups is 1. The van der Waals surface area contributed by atoms with Crippen molar-refractivity contribution in [2.75, 3.05) is 0 Å². The van der Waals surface area contributed by atoms with Crippen molar-refractivity contribution >= 4 is 16.7 Å². The molecule has 0 saturated carbocycles. The normalized spacial score (nSPS) is 11.8. The van der Waals surface area contributed by atoms with Crippen molar-refractivity contribution in [3.63, 3.8) is 0 Å². The number of hydrogen-bond donors (Lipinski definition) is 1. The van der Waals surface area contributed by atoms with Gasteiger partial charge in [0.25, 0.3) is 5.56 Å². The third kappa shape index (κ3) is 2.19. The predicted octanol–water partition coefficient (Wildman–Crippen LogP) is 2.17. The van der Waals surface area contributed by atoms with Crippen molar-refractivity contribution in [1.29, 1.82) is 0 Å². The van der Waals surface area contributed by atoms with Gasteiger partial charge in [0, 0.05) is 11.9 Å². The van der Waals surface area contributed by atoms with Crippen molar-refractivity contribution in [2.45, 2.75) is 39.2 Å². The fourth-order valence-electron chi connectivity index (χ4n) is 2.16. The van der Waals surface area contributed by atoms with E-state index in [1.54, 1.807) is 38.1 Å². The Kier molecular flexibility index (Phi) is 3.61. The van der Waals surface area contributed by atoms with Crippen LogP contribution in [0.4, 0.5) is 0 Å². The zero-order chi connectivity index (χ0) is 14.9. The van der Waals surface area contributed by atoms with E-state index in [1.807, 2.05) is 6.92 Å². The van der Waals surface area contributed by atoms with Crippen LogP contribution in [-0.2, 0) is 16.8 Å². The predicted molar refractivity (Wildman–Crippen MR) is 77.0 cm³/mol. The van der Waals surface area contributed by atoms with Gasteiger partial charge in [-0.1, -0.05) is 25.1 Å². The van der Waals surface area contributed by atoms with Crippen molar-refractivity contribution in [3.05, 3.63) is 40.3 Å². The van der Waals surface area contributed by atoms with Gasteiger partial charge in [-0.05, 0) is 26.3 Å². The van der Waals surface area contributed by atoms with E-state index < -0.39 is 11.4 Å². The third-order valence-electron chi connectivity index (χ3n) is 3.43. The Morgan fingerprint density at radius 3 is 2.45 bits per heavy atom. The van der Waals surface area contributed by atoms with E-state index in [-0.39, 0.29) is 5.56 Å². The molecule has 0 saturated heterocycles. The molecule has 1 N–H and O–H groups in total. The molecule has 0 fully saturated rings. The summed E-state index contributed by atoms with van der Waals surface area (Å²) in [6, 6.07) is 7.03. The smallest absolute Gasteiger partial charge is 0.315 e. The second-order valence-electron chi connectivity index (χ2n) is 5.35. The van der Waals surface area contributed by atoms with E-state index in [9.17, 15) is 14.7 Å². The minimum atomic E-state index is -1.15. The van der Waals surface area contributed by atoms with Crippen molar-refractivity contribution in [1.82, 2.24) is 9.78 Å².